The zero-order valence-corrected chi connectivity index (χ0v) is 18.0. The van der Waals surface area contributed by atoms with Crippen LogP contribution in [0.25, 0.3) is 11.0 Å². The van der Waals surface area contributed by atoms with Crippen LogP contribution in [0.1, 0.15) is 19.0 Å². The van der Waals surface area contributed by atoms with Crippen molar-refractivity contribution in [3.8, 4) is 17.4 Å². The molecule has 0 atom stereocenters. The number of benzene rings is 2. The van der Waals surface area contributed by atoms with Gasteiger partial charge in [0.1, 0.15) is 5.75 Å². The number of ether oxygens (including phenoxy) is 1. The van der Waals surface area contributed by atoms with E-state index in [0.717, 1.165) is 5.69 Å². The van der Waals surface area contributed by atoms with Crippen molar-refractivity contribution in [2.24, 2.45) is 7.05 Å². The van der Waals surface area contributed by atoms with Gasteiger partial charge in [-0.25, -0.2) is 14.6 Å². The smallest absolute Gasteiger partial charge is 0.261 e. The molecule has 0 N–H and O–H groups in total. The van der Waals surface area contributed by atoms with E-state index in [9.17, 15) is 4.79 Å². The summed E-state index contributed by atoms with van der Waals surface area (Å²) >= 11 is 5.98. The number of aromatic nitrogens is 4. The molecule has 0 radical (unpaired) electrons. The van der Waals surface area contributed by atoms with Gasteiger partial charge in [0.05, 0.1) is 22.9 Å². The molecule has 158 valence electrons. The third-order valence-electron chi connectivity index (χ3n) is 4.44. The van der Waals surface area contributed by atoms with Crippen molar-refractivity contribution >= 4 is 34.4 Å². The fourth-order valence-electron chi connectivity index (χ4n) is 2.97. The summed E-state index contributed by atoms with van der Waals surface area (Å²) in [6.07, 6.45) is 1.83. The SMILES string of the molecule is CCC(=O)N(Oc1ccc(Oc2cnc3cc(Cl)ccc3n2)cc1)c1cc(C)nn1C. The average Bonchev–Trinajstić information content (AvgIpc) is 3.10. The zero-order valence-electron chi connectivity index (χ0n) is 17.2. The molecule has 0 fully saturated rings. The highest BCUT2D eigenvalue weighted by Crippen LogP contribution is 2.26. The molecule has 0 aliphatic carbocycles. The van der Waals surface area contributed by atoms with Crippen LogP contribution in [-0.2, 0) is 11.8 Å². The van der Waals surface area contributed by atoms with E-state index >= 15 is 0 Å². The molecule has 4 aromatic rings. The summed E-state index contributed by atoms with van der Waals surface area (Å²) < 4.78 is 7.40. The molecule has 8 nitrogen and oxygen atoms in total. The topological polar surface area (TPSA) is 82.4 Å². The summed E-state index contributed by atoms with van der Waals surface area (Å²) in [5.41, 5.74) is 2.16. The highest BCUT2D eigenvalue weighted by Gasteiger charge is 2.20. The van der Waals surface area contributed by atoms with E-state index in [1.54, 1.807) is 67.2 Å². The highest BCUT2D eigenvalue weighted by molar-refractivity contribution is 6.31. The van der Waals surface area contributed by atoms with E-state index < -0.39 is 0 Å². The number of aryl methyl sites for hydroxylation is 2. The molecule has 0 unspecified atom stereocenters. The lowest BCUT2D eigenvalue weighted by molar-refractivity contribution is -0.122. The van der Waals surface area contributed by atoms with Crippen molar-refractivity contribution in [2.75, 3.05) is 5.06 Å². The number of amides is 1. The van der Waals surface area contributed by atoms with Crippen molar-refractivity contribution in [1.29, 1.82) is 0 Å². The second kappa shape index (κ2) is 8.61. The van der Waals surface area contributed by atoms with Gasteiger partial charge in [-0.1, -0.05) is 18.5 Å². The van der Waals surface area contributed by atoms with Crippen molar-refractivity contribution < 1.29 is 14.4 Å². The fraction of sp³-hybridized carbons (Fsp3) is 0.182. The van der Waals surface area contributed by atoms with Crippen LogP contribution in [0.15, 0.2) is 54.7 Å². The minimum atomic E-state index is -0.185. The highest BCUT2D eigenvalue weighted by atomic mass is 35.5. The van der Waals surface area contributed by atoms with Gasteiger partial charge in [-0.3, -0.25) is 4.79 Å². The Bertz CT molecular complexity index is 1240. The predicted octanol–water partition coefficient (Wildman–Crippen LogP) is 4.85. The number of rotatable bonds is 6. The van der Waals surface area contributed by atoms with Crippen LogP contribution in [0.5, 0.6) is 17.4 Å². The second-order valence-corrected chi connectivity index (χ2v) is 7.25. The molecular weight excluding hydrogens is 418 g/mol. The maximum Gasteiger partial charge on any atom is 0.261 e. The second-order valence-electron chi connectivity index (χ2n) is 6.82. The first kappa shape index (κ1) is 20.6. The molecule has 2 aromatic carbocycles. The maximum absolute atomic E-state index is 12.4. The monoisotopic (exact) mass is 437 g/mol. The zero-order chi connectivity index (χ0) is 22.0. The van der Waals surface area contributed by atoms with Gasteiger partial charge in [-0.05, 0) is 49.4 Å². The number of anilines is 1. The van der Waals surface area contributed by atoms with E-state index in [2.05, 4.69) is 15.1 Å². The van der Waals surface area contributed by atoms with Gasteiger partial charge in [-0.2, -0.15) is 5.10 Å². The molecule has 0 spiro atoms. The van der Waals surface area contributed by atoms with Gasteiger partial charge in [0.15, 0.2) is 11.6 Å². The maximum atomic E-state index is 12.4. The van der Waals surface area contributed by atoms with Crippen LogP contribution in [0, 0.1) is 6.92 Å². The summed E-state index contributed by atoms with van der Waals surface area (Å²) in [5.74, 6) is 1.76. The summed E-state index contributed by atoms with van der Waals surface area (Å²) in [6.45, 7) is 3.63. The Morgan fingerprint density at radius 3 is 2.52 bits per heavy atom. The molecule has 31 heavy (non-hydrogen) atoms. The largest absolute Gasteiger partial charge is 0.437 e. The van der Waals surface area contributed by atoms with Crippen molar-refractivity contribution in [3.05, 3.63) is 65.4 Å². The van der Waals surface area contributed by atoms with E-state index in [0.29, 0.717) is 39.3 Å². The number of fused-ring (bicyclic) bond motifs is 1. The van der Waals surface area contributed by atoms with Crippen LogP contribution in [0.2, 0.25) is 5.02 Å². The number of carbonyl (C=O) groups excluding carboxylic acids is 1. The van der Waals surface area contributed by atoms with Crippen LogP contribution < -0.4 is 14.6 Å². The molecule has 0 aliphatic heterocycles. The van der Waals surface area contributed by atoms with E-state index in [-0.39, 0.29) is 12.3 Å². The Kier molecular flexibility index (Phi) is 5.73. The van der Waals surface area contributed by atoms with E-state index in [1.165, 1.54) is 11.3 Å². The molecular formula is C22H20ClN5O3. The Labute approximate surface area is 184 Å². The van der Waals surface area contributed by atoms with Gasteiger partial charge < -0.3 is 9.57 Å². The first-order valence-electron chi connectivity index (χ1n) is 9.64. The lowest BCUT2D eigenvalue weighted by Crippen LogP contribution is -2.35. The van der Waals surface area contributed by atoms with Crippen LogP contribution in [0.4, 0.5) is 5.82 Å². The minimum absolute atomic E-state index is 0.185. The lowest BCUT2D eigenvalue weighted by atomic mass is 10.3. The molecule has 0 saturated heterocycles. The van der Waals surface area contributed by atoms with Crippen LogP contribution in [0.3, 0.4) is 0 Å². The number of hydroxylamine groups is 1. The molecule has 4 rings (SSSR count). The normalized spacial score (nSPS) is 10.8. The van der Waals surface area contributed by atoms with Gasteiger partial charge in [-0.15, -0.1) is 5.06 Å². The number of carbonyl (C=O) groups is 1. The minimum Gasteiger partial charge on any atom is -0.437 e. The summed E-state index contributed by atoms with van der Waals surface area (Å²) in [6, 6.07) is 13.9. The third kappa shape index (κ3) is 4.59. The average molecular weight is 438 g/mol. The quantitative estimate of drug-likeness (QED) is 0.401. The summed E-state index contributed by atoms with van der Waals surface area (Å²) in [7, 11) is 1.76. The van der Waals surface area contributed by atoms with Gasteiger partial charge >= 0.3 is 0 Å². The standard InChI is InChI=1S/C22H20ClN5O3/c1-4-22(29)28(21-11-14(2)26-27(21)3)31-17-8-6-16(7-9-17)30-20-13-24-19-12-15(23)5-10-18(19)25-20/h5-13H,4H2,1-3H3. The van der Waals surface area contributed by atoms with Crippen molar-refractivity contribution in [2.45, 2.75) is 20.3 Å². The first-order valence-corrected chi connectivity index (χ1v) is 10.0. The van der Waals surface area contributed by atoms with Crippen LogP contribution >= 0.6 is 11.6 Å². The molecule has 0 aliphatic rings. The molecule has 2 aromatic heterocycles. The van der Waals surface area contributed by atoms with Gasteiger partial charge in [0, 0.05) is 24.6 Å². The third-order valence-corrected chi connectivity index (χ3v) is 4.67. The van der Waals surface area contributed by atoms with Gasteiger partial charge in [0.25, 0.3) is 5.91 Å². The van der Waals surface area contributed by atoms with Crippen molar-refractivity contribution in [1.82, 2.24) is 19.7 Å². The van der Waals surface area contributed by atoms with Crippen LogP contribution in [-0.4, -0.2) is 25.7 Å². The number of nitrogens with zero attached hydrogens (tertiary/aromatic N) is 5. The molecule has 1 amide bonds. The summed E-state index contributed by atoms with van der Waals surface area (Å²) in [4.78, 5) is 27.0. The predicted molar refractivity (Wildman–Crippen MR) is 117 cm³/mol. The number of hydrogen-bond donors (Lipinski definition) is 0. The first-order chi connectivity index (χ1) is 14.9. The Morgan fingerprint density at radius 1 is 1.10 bits per heavy atom. The number of halogens is 1. The number of hydrogen-bond acceptors (Lipinski definition) is 6. The van der Waals surface area contributed by atoms with E-state index in [1.807, 2.05) is 6.92 Å². The molecule has 0 saturated carbocycles. The van der Waals surface area contributed by atoms with Gasteiger partial charge in [0.2, 0.25) is 5.88 Å². The Balaban J connectivity index is 1.51. The lowest BCUT2D eigenvalue weighted by Gasteiger charge is -2.21. The fourth-order valence-corrected chi connectivity index (χ4v) is 3.13. The van der Waals surface area contributed by atoms with Crippen molar-refractivity contribution in [3.63, 3.8) is 0 Å². The van der Waals surface area contributed by atoms with E-state index in [4.69, 9.17) is 21.2 Å². The Hall–Kier alpha value is -3.65. The molecule has 2 heterocycles. The molecule has 9 heteroatoms. The Morgan fingerprint density at radius 2 is 1.84 bits per heavy atom. The molecule has 0 bridgehead atoms. The summed E-state index contributed by atoms with van der Waals surface area (Å²) in [5, 5.41) is 6.13.